The molecule has 1 atom stereocenters. The van der Waals surface area contributed by atoms with Crippen molar-refractivity contribution in [1.82, 2.24) is 9.62 Å². The van der Waals surface area contributed by atoms with Crippen molar-refractivity contribution in [3.63, 3.8) is 0 Å². The number of halogens is 1. The Kier molecular flexibility index (Phi) is 5.89. The molecule has 2 aromatic rings. The van der Waals surface area contributed by atoms with E-state index < -0.39 is 10.0 Å². The maximum absolute atomic E-state index is 12.8. The van der Waals surface area contributed by atoms with Crippen LogP contribution in [0.15, 0.2) is 47.4 Å². The predicted molar refractivity (Wildman–Crippen MR) is 107 cm³/mol. The summed E-state index contributed by atoms with van der Waals surface area (Å²) in [5.74, 6) is -0.321. The fraction of sp³-hybridized carbons (Fsp3) is 0.350. The summed E-state index contributed by atoms with van der Waals surface area (Å²) in [5.41, 5.74) is 1.89. The van der Waals surface area contributed by atoms with Crippen molar-refractivity contribution >= 4 is 27.5 Å². The van der Waals surface area contributed by atoms with Crippen LogP contribution in [-0.4, -0.2) is 31.7 Å². The van der Waals surface area contributed by atoms with Gasteiger partial charge in [0.15, 0.2) is 0 Å². The van der Waals surface area contributed by atoms with Crippen molar-refractivity contribution in [2.24, 2.45) is 0 Å². The van der Waals surface area contributed by atoms with Crippen molar-refractivity contribution < 1.29 is 13.2 Å². The summed E-state index contributed by atoms with van der Waals surface area (Å²) in [5, 5.41) is 3.49. The Morgan fingerprint density at radius 2 is 1.81 bits per heavy atom. The smallest absolute Gasteiger partial charge is 0.252 e. The van der Waals surface area contributed by atoms with Crippen LogP contribution in [0.5, 0.6) is 0 Å². The molecule has 1 aliphatic heterocycles. The lowest BCUT2D eigenvalue weighted by molar-refractivity contribution is 0.0939. The van der Waals surface area contributed by atoms with Gasteiger partial charge in [0.25, 0.3) is 5.91 Å². The van der Waals surface area contributed by atoms with E-state index in [1.807, 2.05) is 25.1 Å². The van der Waals surface area contributed by atoms with E-state index in [1.165, 1.54) is 10.4 Å². The largest absolute Gasteiger partial charge is 0.345 e. The third-order valence-corrected chi connectivity index (χ3v) is 7.11. The van der Waals surface area contributed by atoms with Crippen LogP contribution >= 0.6 is 11.6 Å². The van der Waals surface area contributed by atoms with Crippen molar-refractivity contribution in [2.45, 2.75) is 37.6 Å². The first-order valence-electron chi connectivity index (χ1n) is 8.97. The first kappa shape index (κ1) is 19.9. The summed E-state index contributed by atoms with van der Waals surface area (Å²) in [6, 6.07) is 11.7. The van der Waals surface area contributed by atoms with E-state index in [9.17, 15) is 13.2 Å². The molecule has 1 amide bonds. The summed E-state index contributed by atoms with van der Waals surface area (Å²) < 4.78 is 27.0. The van der Waals surface area contributed by atoms with Gasteiger partial charge in [-0.2, -0.15) is 4.31 Å². The van der Waals surface area contributed by atoms with Gasteiger partial charge in [0.2, 0.25) is 10.0 Å². The third-order valence-electron chi connectivity index (χ3n) is 4.88. The lowest BCUT2D eigenvalue weighted by Gasteiger charge is -2.19. The first-order valence-corrected chi connectivity index (χ1v) is 10.8. The van der Waals surface area contributed by atoms with E-state index in [0.717, 1.165) is 24.0 Å². The highest BCUT2D eigenvalue weighted by Crippen LogP contribution is 2.25. The highest BCUT2D eigenvalue weighted by molar-refractivity contribution is 7.89. The van der Waals surface area contributed by atoms with Crippen molar-refractivity contribution in [2.75, 3.05) is 13.1 Å². The normalized spacial score (nSPS) is 16.3. The van der Waals surface area contributed by atoms with Crippen molar-refractivity contribution in [1.29, 1.82) is 0 Å². The van der Waals surface area contributed by atoms with Crippen LogP contribution in [0.3, 0.4) is 0 Å². The molecule has 27 heavy (non-hydrogen) atoms. The van der Waals surface area contributed by atoms with E-state index in [1.54, 1.807) is 25.1 Å². The van der Waals surface area contributed by atoms with Crippen molar-refractivity contribution in [3.8, 4) is 0 Å². The molecule has 1 saturated heterocycles. The number of aryl methyl sites for hydroxylation is 1. The van der Waals surface area contributed by atoms with Crippen LogP contribution in [0.25, 0.3) is 0 Å². The van der Waals surface area contributed by atoms with Gasteiger partial charge in [0.1, 0.15) is 0 Å². The maximum atomic E-state index is 12.8. The molecule has 1 unspecified atom stereocenters. The number of carbonyl (C=O) groups is 1. The van der Waals surface area contributed by atoms with Gasteiger partial charge in [0, 0.05) is 23.7 Å². The minimum absolute atomic E-state index is 0.158. The van der Waals surface area contributed by atoms with E-state index in [4.69, 9.17) is 11.6 Å². The van der Waals surface area contributed by atoms with Gasteiger partial charge in [-0.3, -0.25) is 4.79 Å². The van der Waals surface area contributed by atoms with E-state index in [0.29, 0.717) is 23.7 Å². The maximum Gasteiger partial charge on any atom is 0.252 e. The highest BCUT2D eigenvalue weighted by Gasteiger charge is 2.28. The zero-order chi connectivity index (χ0) is 19.6. The van der Waals surface area contributed by atoms with Gasteiger partial charge < -0.3 is 5.32 Å². The molecule has 1 heterocycles. The molecule has 3 rings (SSSR count). The minimum atomic E-state index is -3.57. The third kappa shape index (κ3) is 4.18. The molecule has 0 saturated carbocycles. The fourth-order valence-electron chi connectivity index (χ4n) is 3.26. The van der Waals surface area contributed by atoms with Crippen LogP contribution in [0.1, 0.15) is 47.3 Å². The number of amides is 1. The number of hydrogen-bond donors (Lipinski definition) is 1. The summed E-state index contributed by atoms with van der Waals surface area (Å²) in [4.78, 5) is 13.0. The molecule has 0 aliphatic carbocycles. The molecule has 1 aliphatic rings. The van der Waals surface area contributed by atoms with Crippen LogP contribution in [0.4, 0.5) is 0 Å². The van der Waals surface area contributed by atoms with Crippen LogP contribution < -0.4 is 5.32 Å². The number of carbonyl (C=O) groups excluding carboxylic acids is 1. The topological polar surface area (TPSA) is 66.5 Å². The molecule has 1 fully saturated rings. The fourth-order valence-corrected chi connectivity index (χ4v) is 5.11. The molecular formula is C20H23ClN2O3S. The summed E-state index contributed by atoms with van der Waals surface area (Å²) in [6.45, 7) is 4.70. The van der Waals surface area contributed by atoms with E-state index in [-0.39, 0.29) is 16.8 Å². The number of sulfonamides is 1. The number of nitrogens with one attached hydrogen (secondary N) is 1. The number of benzene rings is 2. The van der Waals surface area contributed by atoms with Gasteiger partial charge in [-0.1, -0.05) is 35.9 Å². The molecule has 0 radical (unpaired) electrons. The van der Waals surface area contributed by atoms with Crippen molar-refractivity contribution in [3.05, 3.63) is 64.2 Å². The Morgan fingerprint density at radius 1 is 1.15 bits per heavy atom. The molecule has 1 N–H and O–H groups in total. The standard InChI is InChI=1S/C20H23ClN2O3S/c1-14-9-10-16(27(25,26)23-11-5-6-12-23)13-18(14)20(24)22-15(2)17-7-3-4-8-19(17)21/h3-4,7-10,13,15H,5-6,11-12H2,1-2H3,(H,22,24). The quantitative estimate of drug-likeness (QED) is 0.818. The minimum Gasteiger partial charge on any atom is -0.345 e. The van der Waals surface area contributed by atoms with Crippen LogP contribution in [0.2, 0.25) is 5.02 Å². The molecular weight excluding hydrogens is 384 g/mol. The summed E-state index contributed by atoms with van der Waals surface area (Å²) in [6.07, 6.45) is 1.74. The average molecular weight is 407 g/mol. The second-order valence-electron chi connectivity index (χ2n) is 6.80. The molecule has 0 aromatic heterocycles. The Bertz CT molecular complexity index is 953. The second kappa shape index (κ2) is 8.00. The SMILES string of the molecule is Cc1ccc(S(=O)(=O)N2CCCC2)cc1C(=O)NC(C)c1ccccc1Cl. The molecule has 7 heteroatoms. The molecule has 2 aromatic carbocycles. The van der Waals surface area contributed by atoms with Gasteiger partial charge >= 0.3 is 0 Å². The zero-order valence-corrected chi connectivity index (χ0v) is 17.0. The van der Waals surface area contributed by atoms with Gasteiger partial charge in [0.05, 0.1) is 10.9 Å². The van der Waals surface area contributed by atoms with Gasteiger partial charge in [-0.15, -0.1) is 0 Å². The van der Waals surface area contributed by atoms with E-state index >= 15 is 0 Å². The monoisotopic (exact) mass is 406 g/mol. The summed E-state index contributed by atoms with van der Waals surface area (Å²) in [7, 11) is -3.57. The molecule has 0 bridgehead atoms. The Morgan fingerprint density at radius 3 is 2.48 bits per heavy atom. The Balaban J connectivity index is 1.86. The molecule has 0 spiro atoms. The lowest BCUT2D eigenvalue weighted by atomic mass is 10.1. The van der Waals surface area contributed by atoms with Crippen LogP contribution in [-0.2, 0) is 10.0 Å². The van der Waals surface area contributed by atoms with Gasteiger partial charge in [-0.25, -0.2) is 8.42 Å². The first-order chi connectivity index (χ1) is 12.8. The zero-order valence-electron chi connectivity index (χ0n) is 15.4. The molecule has 144 valence electrons. The second-order valence-corrected chi connectivity index (χ2v) is 9.15. The molecule has 5 nitrogen and oxygen atoms in total. The van der Waals surface area contributed by atoms with Gasteiger partial charge in [-0.05, 0) is 56.0 Å². The Labute approximate surface area is 165 Å². The summed E-state index contributed by atoms with van der Waals surface area (Å²) >= 11 is 6.20. The number of hydrogen-bond acceptors (Lipinski definition) is 3. The van der Waals surface area contributed by atoms with Crippen LogP contribution in [0, 0.1) is 6.92 Å². The lowest BCUT2D eigenvalue weighted by Crippen LogP contribution is -2.30. The van der Waals surface area contributed by atoms with E-state index in [2.05, 4.69) is 5.32 Å². The number of nitrogens with zero attached hydrogens (tertiary/aromatic N) is 1. The number of rotatable bonds is 5. The Hall–Kier alpha value is -1.89. The predicted octanol–water partition coefficient (Wildman–Crippen LogP) is 3.92. The average Bonchev–Trinajstić information content (AvgIpc) is 3.17. The highest BCUT2D eigenvalue weighted by atomic mass is 35.5.